The monoisotopic (exact) mass is 263 g/mol. The van der Waals surface area contributed by atoms with Crippen molar-refractivity contribution in [3.63, 3.8) is 0 Å². The first-order chi connectivity index (χ1) is 8.98. The molecule has 1 heterocycles. The fourth-order valence-corrected chi connectivity index (χ4v) is 2.66. The number of aliphatic carboxylic acids is 1. The van der Waals surface area contributed by atoms with Gasteiger partial charge in [0.1, 0.15) is 6.54 Å². The van der Waals surface area contributed by atoms with Gasteiger partial charge in [-0.15, -0.1) is 0 Å². The number of ether oxygens (including phenoxy) is 1. The molecule has 1 unspecified atom stereocenters. The Labute approximate surface area is 114 Å². The Kier molecular flexibility index (Phi) is 4.10. The van der Waals surface area contributed by atoms with Gasteiger partial charge in [0.15, 0.2) is 0 Å². The molecule has 0 spiro atoms. The quantitative estimate of drug-likeness (QED) is 0.907. The lowest BCUT2D eigenvalue weighted by molar-refractivity contribution is -0.135. The molecule has 4 heteroatoms. The van der Waals surface area contributed by atoms with Crippen molar-refractivity contribution in [2.45, 2.75) is 38.3 Å². The van der Waals surface area contributed by atoms with Crippen LogP contribution < -0.4 is 4.90 Å². The van der Waals surface area contributed by atoms with Crippen molar-refractivity contribution >= 4 is 11.7 Å². The number of hydrogen-bond donors (Lipinski definition) is 1. The third-order valence-corrected chi connectivity index (χ3v) is 3.51. The Bertz CT molecular complexity index is 430. The molecule has 1 fully saturated rings. The predicted molar refractivity (Wildman–Crippen MR) is 74.5 cm³/mol. The Morgan fingerprint density at radius 2 is 2.11 bits per heavy atom. The van der Waals surface area contributed by atoms with E-state index in [-0.39, 0.29) is 18.2 Å². The van der Waals surface area contributed by atoms with Crippen LogP contribution in [0.25, 0.3) is 0 Å². The van der Waals surface area contributed by atoms with Gasteiger partial charge < -0.3 is 14.7 Å². The van der Waals surface area contributed by atoms with Crippen LogP contribution in [0.1, 0.15) is 26.7 Å². The van der Waals surface area contributed by atoms with Crippen LogP contribution in [0.3, 0.4) is 0 Å². The summed E-state index contributed by atoms with van der Waals surface area (Å²) in [5.41, 5.74) is 0.779. The number of benzene rings is 1. The highest BCUT2D eigenvalue weighted by atomic mass is 16.5. The number of rotatable bonds is 4. The topological polar surface area (TPSA) is 49.8 Å². The van der Waals surface area contributed by atoms with E-state index in [2.05, 4.69) is 13.8 Å². The minimum absolute atomic E-state index is 0.0325. The zero-order chi connectivity index (χ0) is 13.9. The Hall–Kier alpha value is -1.55. The molecule has 0 amide bonds. The molecule has 1 saturated heterocycles. The number of anilines is 1. The molecule has 2 rings (SSSR count). The molecule has 0 aliphatic carbocycles. The van der Waals surface area contributed by atoms with Crippen LogP contribution in [0.5, 0.6) is 0 Å². The highest BCUT2D eigenvalue weighted by molar-refractivity contribution is 5.74. The van der Waals surface area contributed by atoms with Crippen LogP contribution in [0.2, 0.25) is 0 Å². The van der Waals surface area contributed by atoms with Gasteiger partial charge in [-0.3, -0.25) is 4.79 Å². The lowest BCUT2D eigenvalue weighted by Crippen LogP contribution is -2.48. The number of hydrogen-bond acceptors (Lipinski definition) is 3. The highest BCUT2D eigenvalue weighted by Crippen LogP contribution is 2.30. The summed E-state index contributed by atoms with van der Waals surface area (Å²) < 4.78 is 5.71. The summed E-state index contributed by atoms with van der Waals surface area (Å²) in [7, 11) is 0. The minimum atomic E-state index is -0.798. The van der Waals surface area contributed by atoms with Gasteiger partial charge in [-0.2, -0.15) is 0 Å². The first-order valence-corrected chi connectivity index (χ1v) is 6.65. The Morgan fingerprint density at radius 1 is 1.42 bits per heavy atom. The van der Waals surface area contributed by atoms with Crippen LogP contribution in [0.15, 0.2) is 30.3 Å². The maximum absolute atomic E-state index is 11.1. The standard InChI is InChI=1S/C15H21NO3/c1-15(2)10-13(8-9-19-15)16(11-14(17)18)12-6-4-3-5-7-12/h3-7,13H,8-11H2,1-2H3,(H,17,18). The van der Waals surface area contributed by atoms with Crippen molar-refractivity contribution in [3.05, 3.63) is 30.3 Å². The lowest BCUT2D eigenvalue weighted by Gasteiger charge is -2.41. The smallest absolute Gasteiger partial charge is 0.323 e. The minimum Gasteiger partial charge on any atom is -0.480 e. The summed E-state index contributed by atoms with van der Waals surface area (Å²) in [5, 5.41) is 9.13. The molecule has 1 aliphatic heterocycles. The van der Waals surface area contributed by atoms with E-state index in [4.69, 9.17) is 9.84 Å². The van der Waals surface area contributed by atoms with Gasteiger partial charge >= 0.3 is 5.97 Å². The van der Waals surface area contributed by atoms with Crippen LogP contribution in [0.4, 0.5) is 5.69 Å². The Morgan fingerprint density at radius 3 is 2.68 bits per heavy atom. The van der Waals surface area contributed by atoms with Crippen molar-refractivity contribution < 1.29 is 14.6 Å². The average molecular weight is 263 g/mol. The van der Waals surface area contributed by atoms with Gasteiger partial charge in [0.05, 0.1) is 5.60 Å². The third kappa shape index (κ3) is 3.70. The van der Waals surface area contributed by atoms with E-state index in [9.17, 15) is 4.79 Å². The molecule has 0 aromatic heterocycles. The second-order valence-corrected chi connectivity index (χ2v) is 5.61. The van der Waals surface area contributed by atoms with Crippen molar-refractivity contribution in [3.8, 4) is 0 Å². The Balaban J connectivity index is 2.20. The molecule has 1 aliphatic rings. The maximum atomic E-state index is 11.1. The van der Waals surface area contributed by atoms with E-state index in [1.807, 2.05) is 35.2 Å². The number of carboxylic acid groups (broad SMARTS) is 1. The lowest BCUT2D eigenvalue weighted by atomic mass is 9.92. The van der Waals surface area contributed by atoms with E-state index >= 15 is 0 Å². The SMILES string of the molecule is CC1(C)CC(N(CC(=O)O)c2ccccc2)CCO1. The summed E-state index contributed by atoms with van der Waals surface area (Å²) in [4.78, 5) is 13.1. The molecular weight excluding hydrogens is 242 g/mol. The van der Waals surface area contributed by atoms with Crippen molar-refractivity contribution in [1.29, 1.82) is 0 Å². The molecule has 1 atom stereocenters. The zero-order valence-electron chi connectivity index (χ0n) is 11.5. The maximum Gasteiger partial charge on any atom is 0.323 e. The third-order valence-electron chi connectivity index (χ3n) is 3.51. The van der Waals surface area contributed by atoms with Gasteiger partial charge in [0.25, 0.3) is 0 Å². The van der Waals surface area contributed by atoms with E-state index in [1.165, 1.54) is 0 Å². The van der Waals surface area contributed by atoms with Crippen molar-refractivity contribution in [1.82, 2.24) is 0 Å². The van der Waals surface area contributed by atoms with Gasteiger partial charge in [0.2, 0.25) is 0 Å². The number of carboxylic acids is 1. The molecule has 1 aromatic carbocycles. The first kappa shape index (κ1) is 13.9. The second-order valence-electron chi connectivity index (χ2n) is 5.61. The van der Waals surface area contributed by atoms with Crippen LogP contribution in [0, 0.1) is 0 Å². The molecule has 0 saturated carbocycles. The molecule has 1 aromatic rings. The molecule has 19 heavy (non-hydrogen) atoms. The highest BCUT2D eigenvalue weighted by Gasteiger charge is 2.33. The number of para-hydroxylation sites is 1. The number of nitrogens with zero attached hydrogens (tertiary/aromatic N) is 1. The molecular formula is C15H21NO3. The van der Waals surface area contributed by atoms with Crippen LogP contribution in [-0.2, 0) is 9.53 Å². The largest absolute Gasteiger partial charge is 0.480 e. The van der Waals surface area contributed by atoms with Gasteiger partial charge in [-0.05, 0) is 38.8 Å². The van der Waals surface area contributed by atoms with E-state index < -0.39 is 5.97 Å². The van der Waals surface area contributed by atoms with E-state index in [0.717, 1.165) is 18.5 Å². The summed E-state index contributed by atoms with van der Waals surface area (Å²) >= 11 is 0. The van der Waals surface area contributed by atoms with Gasteiger partial charge in [0, 0.05) is 18.3 Å². The average Bonchev–Trinajstić information content (AvgIpc) is 2.35. The predicted octanol–water partition coefficient (Wildman–Crippen LogP) is 2.54. The fraction of sp³-hybridized carbons (Fsp3) is 0.533. The van der Waals surface area contributed by atoms with Crippen molar-refractivity contribution in [2.24, 2.45) is 0 Å². The summed E-state index contributed by atoms with van der Waals surface area (Å²) in [6.07, 6.45) is 1.71. The van der Waals surface area contributed by atoms with E-state index in [1.54, 1.807) is 0 Å². The van der Waals surface area contributed by atoms with Gasteiger partial charge in [-0.25, -0.2) is 0 Å². The molecule has 1 N–H and O–H groups in total. The number of carbonyl (C=O) groups is 1. The van der Waals surface area contributed by atoms with E-state index in [0.29, 0.717) is 6.61 Å². The van der Waals surface area contributed by atoms with Crippen LogP contribution in [-0.4, -0.2) is 35.9 Å². The molecule has 104 valence electrons. The molecule has 0 bridgehead atoms. The normalized spacial score (nSPS) is 21.9. The molecule has 4 nitrogen and oxygen atoms in total. The second kappa shape index (κ2) is 5.61. The summed E-state index contributed by atoms with van der Waals surface area (Å²) in [6, 6.07) is 9.96. The summed E-state index contributed by atoms with van der Waals surface area (Å²) in [6.45, 7) is 4.83. The van der Waals surface area contributed by atoms with Crippen molar-refractivity contribution in [2.75, 3.05) is 18.1 Å². The van der Waals surface area contributed by atoms with Crippen LogP contribution >= 0.6 is 0 Å². The summed E-state index contributed by atoms with van der Waals surface area (Å²) in [5.74, 6) is -0.798. The van der Waals surface area contributed by atoms with Gasteiger partial charge in [-0.1, -0.05) is 18.2 Å². The zero-order valence-corrected chi connectivity index (χ0v) is 11.5. The first-order valence-electron chi connectivity index (χ1n) is 6.65. The fourth-order valence-electron chi connectivity index (χ4n) is 2.66. The molecule has 0 radical (unpaired) electrons.